The third-order valence-electron chi connectivity index (χ3n) is 7.04. The number of pyridine rings is 2. The van der Waals surface area contributed by atoms with Crippen molar-refractivity contribution in [2.24, 2.45) is 0 Å². The van der Waals surface area contributed by atoms with Gasteiger partial charge in [-0.1, -0.05) is 0 Å². The summed E-state index contributed by atoms with van der Waals surface area (Å²) < 4.78 is 16.7. The molecular weight excluding hydrogens is 433 g/mol. The van der Waals surface area contributed by atoms with Crippen LogP contribution in [0.4, 0.5) is 21.7 Å². The molecule has 3 aromatic heterocycles. The number of benzene rings is 1. The Hall–Kier alpha value is -4.01. The first-order valence-corrected chi connectivity index (χ1v) is 11.2. The zero-order valence-corrected chi connectivity index (χ0v) is 19.0. The second-order valence-electron chi connectivity index (χ2n) is 9.38. The second kappa shape index (κ2) is 7.24. The smallest absolute Gasteiger partial charge is 0.244 e. The van der Waals surface area contributed by atoms with Crippen LogP contribution in [-0.2, 0) is 16.8 Å². The normalized spacial score (nSPS) is 16.6. The second-order valence-corrected chi connectivity index (χ2v) is 9.38. The average molecular weight is 458 g/mol. The molecule has 1 spiro atoms. The van der Waals surface area contributed by atoms with Crippen molar-refractivity contribution in [2.75, 3.05) is 24.6 Å². The van der Waals surface area contributed by atoms with E-state index in [1.165, 1.54) is 6.07 Å². The van der Waals surface area contributed by atoms with Crippen LogP contribution in [0.15, 0.2) is 42.9 Å². The van der Waals surface area contributed by atoms with Crippen molar-refractivity contribution in [3.8, 4) is 11.1 Å². The first-order chi connectivity index (χ1) is 16.3. The van der Waals surface area contributed by atoms with E-state index in [-0.39, 0.29) is 23.7 Å². The molecule has 3 N–H and O–H groups in total. The number of carbonyl (C=O) groups excluding carboxylic acids is 1. The van der Waals surface area contributed by atoms with Gasteiger partial charge in [0, 0.05) is 59.7 Å². The van der Waals surface area contributed by atoms with Crippen molar-refractivity contribution in [1.82, 2.24) is 24.6 Å². The van der Waals surface area contributed by atoms with Gasteiger partial charge in [0.15, 0.2) is 5.82 Å². The van der Waals surface area contributed by atoms with Gasteiger partial charge in [-0.05, 0) is 48.9 Å². The number of carbonyl (C=O) groups is 1. The molecule has 172 valence electrons. The minimum Gasteiger partial charge on any atom is -0.397 e. The van der Waals surface area contributed by atoms with E-state index in [9.17, 15) is 9.18 Å². The first-order valence-electron chi connectivity index (χ1n) is 11.2. The molecule has 0 atom stereocenters. The van der Waals surface area contributed by atoms with Gasteiger partial charge in [0.25, 0.3) is 0 Å². The molecule has 6 rings (SSSR count). The number of hydrogen-bond donors (Lipinski definition) is 2. The van der Waals surface area contributed by atoms with Crippen molar-refractivity contribution in [3.05, 3.63) is 59.9 Å². The molecule has 1 aliphatic carbocycles. The molecule has 4 aromatic rings. The Morgan fingerprint density at radius 1 is 1.06 bits per heavy atom. The quantitative estimate of drug-likeness (QED) is 0.486. The Labute approximate surface area is 195 Å². The number of amides is 1. The number of likely N-dealkylation sites (N-methyl/N-ethyl adjacent to an activating group) is 1. The van der Waals surface area contributed by atoms with E-state index in [1.54, 1.807) is 29.6 Å². The molecule has 34 heavy (non-hydrogen) atoms. The summed E-state index contributed by atoms with van der Waals surface area (Å²) in [4.78, 5) is 22.8. The number of fused-ring (bicyclic) bond motifs is 3. The third-order valence-corrected chi connectivity index (χ3v) is 7.04. The van der Waals surface area contributed by atoms with E-state index in [0.717, 1.165) is 36.0 Å². The van der Waals surface area contributed by atoms with E-state index >= 15 is 0 Å². The summed E-state index contributed by atoms with van der Waals surface area (Å²) in [6.45, 7) is 2.81. The Balaban J connectivity index is 1.35. The van der Waals surface area contributed by atoms with Crippen LogP contribution in [0.25, 0.3) is 21.9 Å². The topological polar surface area (TPSA) is 102 Å². The van der Waals surface area contributed by atoms with E-state index in [0.29, 0.717) is 33.8 Å². The van der Waals surface area contributed by atoms with E-state index in [2.05, 4.69) is 20.4 Å². The molecule has 1 aromatic carbocycles. The Morgan fingerprint density at radius 3 is 2.68 bits per heavy atom. The van der Waals surface area contributed by atoms with Crippen LogP contribution in [-0.4, -0.2) is 44.1 Å². The predicted octanol–water partition coefficient (Wildman–Crippen LogP) is 3.77. The predicted molar refractivity (Wildman–Crippen MR) is 128 cm³/mol. The van der Waals surface area contributed by atoms with Gasteiger partial charge in [0.05, 0.1) is 11.9 Å². The monoisotopic (exact) mass is 457 g/mol. The van der Waals surface area contributed by atoms with Gasteiger partial charge < -0.3 is 16.0 Å². The molecule has 2 aliphatic rings. The number of rotatable bonds is 3. The number of hydrogen-bond acceptors (Lipinski definition) is 6. The Bertz CT molecular complexity index is 1470. The Morgan fingerprint density at radius 2 is 1.88 bits per heavy atom. The summed E-state index contributed by atoms with van der Waals surface area (Å²) in [7, 11) is 1.85. The number of anilines is 3. The summed E-state index contributed by atoms with van der Waals surface area (Å²) >= 11 is 0. The van der Waals surface area contributed by atoms with Crippen LogP contribution in [0.1, 0.15) is 24.1 Å². The summed E-state index contributed by atoms with van der Waals surface area (Å²) in [6, 6.07) is 7.14. The van der Waals surface area contributed by atoms with Gasteiger partial charge >= 0.3 is 0 Å². The maximum absolute atomic E-state index is 14.9. The number of nitrogens with one attached hydrogen (secondary N) is 1. The lowest BCUT2D eigenvalue weighted by Gasteiger charge is -2.18. The van der Waals surface area contributed by atoms with E-state index in [1.807, 2.05) is 30.8 Å². The fourth-order valence-corrected chi connectivity index (χ4v) is 4.85. The fourth-order valence-electron chi connectivity index (χ4n) is 4.85. The highest BCUT2D eigenvalue weighted by molar-refractivity contribution is 5.90. The molecule has 1 fully saturated rings. The average Bonchev–Trinajstić information content (AvgIpc) is 3.49. The van der Waals surface area contributed by atoms with Crippen molar-refractivity contribution < 1.29 is 9.18 Å². The fraction of sp³-hybridized carbons (Fsp3) is 0.280. The molecule has 8 nitrogen and oxygen atoms in total. The van der Waals surface area contributed by atoms with Crippen LogP contribution in [0.3, 0.4) is 0 Å². The van der Waals surface area contributed by atoms with Crippen LogP contribution in [0.5, 0.6) is 0 Å². The van der Waals surface area contributed by atoms with Crippen molar-refractivity contribution in [2.45, 2.75) is 31.7 Å². The number of nitrogens with two attached hydrogens (primary N) is 1. The van der Waals surface area contributed by atoms with Crippen LogP contribution in [0, 0.1) is 12.7 Å². The molecule has 9 heteroatoms. The zero-order chi connectivity index (χ0) is 23.6. The minimum atomic E-state index is -0.354. The summed E-state index contributed by atoms with van der Waals surface area (Å²) in [6.07, 6.45) is 6.93. The maximum atomic E-state index is 14.9. The number of nitrogen functional groups attached to an aromatic ring is 1. The van der Waals surface area contributed by atoms with Gasteiger partial charge in [-0.25, -0.2) is 9.37 Å². The standard InChI is InChI=1S/C25H24FN7O/c1-14-18(10-28-11-20(14)27)17-5-15-7-22(29-9-16(15)6-19(17)26)30-23-8-21-25(3-4-25)13-32(2)24(34)12-33(21)31-23/h5-11H,3-4,12-13,27H2,1-2H3,(H,29,30,31). The highest BCUT2D eigenvalue weighted by Crippen LogP contribution is 2.50. The summed E-state index contributed by atoms with van der Waals surface area (Å²) in [5.74, 6) is 0.940. The lowest BCUT2D eigenvalue weighted by Crippen LogP contribution is -2.32. The highest BCUT2D eigenvalue weighted by Gasteiger charge is 2.50. The molecule has 1 amide bonds. The number of nitrogens with zero attached hydrogens (tertiary/aromatic N) is 5. The minimum absolute atomic E-state index is 0.000502. The SMILES string of the molecule is Cc1c(N)cncc1-c1cc2cc(Nc3cc4n(n3)CC(=O)N(C)CC43CC3)ncc2cc1F. The largest absolute Gasteiger partial charge is 0.397 e. The lowest BCUT2D eigenvalue weighted by molar-refractivity contribution is -0.130. The van der Waals surface area contributed by atoms with E-state index in [4.69, 9.17) is 5.73 Å². The molecule has 0 saturated heterocycles. The third kappa shape index (κ3) is 3.27. The first kappa shape index (κ1) is 20.6. The molecule has 0 radical (unpaired) electrons. The molecular formula is C25H24FN7O. The van der Waals surface area contributed by atoms with Gasteiger partial charge in [-0.2, -0.15) is 5.10 Å². The Kier molecular flexibility index (Phi) is 4.39. The summed E-state index contributed by atoms with van der Waals surface area (Å²) in [5.41, 5.74) is 9.48. The number of halogens is 1. The maximum Gasteiger partial charge on any atom is 0.244 e. The van der Waals surface area contributed by atoms with Crippen molar-refractivity contribution in [1.29, 1.82) is 0 Å². The van der Waals surface area contributed by atoms with Gasteiger partial charge in [0.2, 0.25) is 5.91 Å². The van der Waals surface area contributed by atoms with Gasteiger partial charge in [-0.3, -0.25) is 14.5 Å². The van der Waals surface area contributed by atoms with Gasteiger partial charge in [-0.15, -0.1) is 0 Å². The van der Waals surface area contributed by atoms with Crippen LogP contribution in [0.2, 0.25) is 0 Å². The zero-order valence-electron chi connectivity index (χ0n) is 19.0. The van der Waals surface area contributed by atoms with Crippen molar-refractivity contribution in [3.63, 3.8) is 0 Å². The molecule has 1 saturated carbocycles. The molecule has 1 aliphatic heterocycles. The molecule has 0 bridgehead atoms. The van der Waals surface area contributed by atoms with Gasteiger partial charge in [0.1, 0.15) is 18.2 Å². The summed E-state index contributed by atoms with van der Waals surface area (Å²) in [5, 5.41) is 9.42. The van der Waals surface area contributed by atoms with Crippen molar-refractivity contribution >= 4 is 34.0 Å². The van der Waals surface area contributed by atoms with Crippen LogP contribution < -0.4 is 11.1 Å². The number of aromatic nitrogens is 4. The molecule has 0 unspecified atom stereocenters. The lowest BCUT2D eigenvalue weighted by atomic mass is 9.99. The van der Waals surface area contributed by atoms with Crippen LogP contribution >= 0.6 is 0 Å². The van der Waals surface area contributed by atoms with E-state index < -0.39 is 0 Å². The molecule has 4 heterocycles. The highest BCUT2D eigenvalue weighted by atomic mass is 19.1.